The highest BCUT2D eigenvalue weighted by atomic mass is 35.5. The van der Waals surface area contributed by atoms with E-state index in [4.69, 9.17) is 16.3 Å². The van der Waals surface area contributed by atoms with Crippen molar-refractivity contribution in [3.8, 4) is 5.75 Å². The molecular formula is C9H7ClN2O2. The Morgan fingerprint density at radius 2 is 2.36 bits per heavy atom. The van der Waals surface area contributed by atoms with E-state index in [1.807, 2.05) is 0 Å². The quantitative estimate of drug-likeness (QED) is 0.771. The number of nitrogens with zero attached hydrogens (tertiary/aromatic N) is 1. The minimum absolute atomic E-state index is 0.328. The highest BCUT2D eigenvalue weighted by Gasteiger charge is 2.14. The van der Waals surface area contributed by atoms with Gasteiger partial charge < -0.3 is 9.72 Å². The Bertz CT molecular complexity index is 493. The summed E-state index contributed by atoms with van der Waals surface area (Å²) < 4.78 is 5.09. The Morgan fingerprint density at radius 3 is 3.00 bits per heavy atom. The van der Waals surface area contributed by atoms with Gasteiger partial charge in [-0.3, -0.25) is 4.79 Å². The number of halogens is 1. The maximum Gasteiger partial charge on any atom is 0.256 e. The molecule has 0 unspecified atom stereocenters. The minimum Gasteiger partial charge on any atom is -0.494 e. The molecule has 0 aliphatic heterocycles. The van der Waals surface area contributed by atoms with Crippen LogP contribution in [0.3, 0.4) is 0 Å². The molecule has 2 rings (SSSR count). The Kier molecular flexibility index (Phi) is 2.13. The van der Waals surface area contributed by atoms with Crippen molar-refractivity contribution in [2.75, 3.05) is 7.11 Å². The molecule has 14 heavy (non-hydrogen) atoms. The molecule has 0 aliphatic carbocycles. The van der Waals surface area contributed by atoms with Crippen LogP contribution in [0, 0.1) is 0 Å². The van der Waals surface area contributed by atoms with Gasteiger partial charge in [-0.2, -0.15) is 0 Å². The van der Waals surface area contributed by atoms with E-state index in [-0.39, 0.29) is 0 Å². The Labute approximate surface area is 84.9 Å². The number of H-pyrrole nitrogens is 1. The van der Waals surface area contributed by atoms with Crippen molar-refractivity contribution in [3.63, 3.8) is 0 Å². The summed E-state index contributed by atoms with van der Waals surface area (Å²) in [5, 5.41) is -0.549. The number of aromatic amines is 1. The number of methoxy groups -OCH3 is 1. The summed E-state index contributed by atoms with van der Waals surface area (Å²) in [6.07, 6.45) is 1.54. The van der Waals surface area contributed by atoms with Gasteiger partial charge in [-0.1, -0.05) is 0 Å². The predicted molar refractivity (Wildman–Crippen MR) is 52.8 cm³/mol. The fourth-order valence-electron chi connectivity index (χ4n) is 1.34. The van der Waals surface area contributed by atoms with Crippen molar-refractivity contribution < 1.29 is 9.53 Å². The highest BCUT2D eigenvalue weighted by Crippen LogP contribution is 2.28. The van der Waals surface area contributed by atoms with E-state index >= 15 is 0 Å². The van der Waals surface area contributed by atoms with Gasteiger partial charge in [-0.05, 0) is 23.7 Å². The first-order valence-corrected chi connectivity index (χ1v) is 4.31. The number of carbonyl (C=O) groups excluding carboxylic acids is 1. The van der Waals surface area contributed by atoms with E-state index in [2.05, 4.69) is 9.97 Å². The van der Waals surface area contributed by atoms with Crippen LogP contribution in [0.1, 0.15) is 10.4 Å². The molecule has 0 aliphatic rings. The fourth-order valence-corrected chi connectivity index (χ4v) is 1.49. The van der Waals surface area contributed by atoms with Crippen LogP contribution in [0.5, 0.6) is 5.75 Å². The first-order chi connectivity index (χ1) is 6.74. The van der Waals surface area contributed by atoms with Gasteiger partial charge in [0.1, 0.15) is 5.52 Å². The van der Waals surface area contributed by atoms with E-state index in [0.717, 1.165) is 5.52 Å². The summed E-state index contributed by atoms with van der Waals surface area (Å²) >= 11 is 5.40. The van der Waals surface area contributed by atoms with E-state index in [1.165, 1.54) is 13.4 Å². The summed E-state index contributed by atoms with van der Waals surface area (Å²) in [4.78, 5) is 18.0. The van der Waals surface area contributed by atoms with E-state index in [1.54, 1.807) is 12.1 Å². The van der Waals surface area contributed by atoms with Crippen LogP contribution in [0.4, 0.5) is 0 Å². The van der Waals surface area contributed by atoms with Gasteiger partial charge in [0.05, 0.1) is 24.5 Å². The third-order valence-corrected chi connectivity index (χ3v) is 2.16. The maximum absolute atomic E-state index is 11.0. The molecule has 5 heteroatoms. The van der Waals surface area contributed by atoms with E-state index in [9.17, 15) is 4.79 Å². The first kappa shape index (κ1) is 9.02. The number of nitrogens with one attached hydrogen (secondary N) is 1. The molecule has 0 amide bonds. The first-order valence-electron chi connectivity index (χ1n) is 3.94. The summed E-state index contributed by atoms with van der Waals surface area (Å²) in [6.45, 7) is 0. The van der Waals surface area contributed by atoms with Crippen LogP contribution < -0.4 is 4.74 Å². The fraction of sp³-hybridized carbons (Fsp3) is 0.111. The molecule has 0 bridgehead atoms. The molecule has 0 saturated carbocycles. The summed E-state index contributed by atoms with van der Waals surface area (Å²) in [6, 6.07) is 3.34. The molecule has 0 spiro atoms. The van der Waals surface area contributed by atoms with Crippen molar-refractivity contribution in [2.24, 2.45) is 0 Å². The molecule has 2 aromatic rings. The second kappa shape index (κ2) is 3.31. The monoisotopic (exact) mass is 210 g/mol. The van der Waals surface area contributed by atoms with Gasteiger partial charge in [0.25, 0.3) is 5.24 Å². The summed E-state index contributed by atoms with van der Waals surface area (Å²) in [7, 11) is 1.48. The topological polar surface area (TPSA) is 55.0 Å². The average molecular weight is 211 g/mol. The average Bonchev–Trinajstić information content (AvgIpc) is 2.63. The molecule has 1 aromatic carbocycles. The van der Waals surface area contributed by atoms with Crippen LogP contribution in [0.25, 0.3) is 11.0 Å². The van der Waals surface area contributed by atoms with E-state index < -0.39 is 5.24 Å². The molecule has 1 heterocycles. The number of aromatic nitrogens is 2. The Hall–Kier alpha value is -1.55. The van der Waals surface area contributed by atoms with Crippen LogP contribution in [0.2, 0.25) is 0 Å². The predicted octanol–water partition coefficient (Wildman–Crippen LogP) is 1.95. The lowest BCUT2D eigenvalue weighted by Crippen LogP contribution is -1.96. The third kappa shape index (κ3) is 1.24. The SMILES string of the molecule is COc1c(C(=O)Cl)ccc2[nH]cnc12. The zero-order valence-electron chi connectivity index (χ0n) is 7.37. The number of imidazole rings is 1. The largest absolute Gasteiger partial charge is 0.494 e. The molecule has 1 aromatic heterocycles. The lowest BCUT2D eigenvalue weighted by Gasteiger charge is -2.04. The molecule has 0 atom stereocenters. The molecule has 1 N–H and O–H groups in total. The Balaban J connectivity index is 2.78. The van der Waals surface area contributed by atoms with Crippen molar-refractivity contribution >= 4 is 27.9 Å². The van der Waals surface area contributed by atoms with Crippen molar-refractivity contribution in [1.29, 1.82) is 0 Å². The summed E-state index contributed by atoms with van der Waals surface area (Å²) in [5.41, 5.74) is 1.75. The molecule has 72 valence electrons. The van der Waals surface area contributed by atoms with Gasteiger partial charge in [0.2, 0.25) is 0 Å². The van der Waals surface area contributed by atoms with Gasteiger partial charge in [0, 0.05) is 0 Å². The lowest BCUT2D eigenvalue weighted by atomic mass is 10.2. The van der Waals surface area contributed by atoms with Gasteiger partial charge in [-0.25, -0.2) is 4.98 Å². The maximum atomic E-state index is 11.0. The second-order valence-electron chi connectivity index (χ2n) is 2.72. The lowest BCUT2D eigenvalue weighted by molar-refractivity contribution is 0.107. The molecular weight excluding hydrogens is 204 g/mol. The number of rotatable bonds is 2. The Morgan fingerprint density at radius 1 is 1.57 bits per heavy atom. The van der Waals surface area contributed by atoms with Gasteiger partial charge >= 0.3 is 0 Å². The van der Waals surface area contributed by atoms with Crippen molar-refractivity contribution in [1.82, 2.24) is 9.97 Å². The normalized spacial score (nSPS) is 10.4. The van der Waals surface area contributed by atoms with Crippen LogP contribution >= 0.6 is 11.6 Å². The van der Waals surface area contributed by atoms with Crippen LogP contribution in [-0.2, 0) is 0 Å². The second-order valence-corrected chi connectivity index (χ2v) is 3.06. The third-order valence-electron chi connectivity index (χ3n) is 1.96. The van der Waals surface area contributed by atoms with E-state index in [0.29, 0.717) is 16.8 Å². The van der Waals surface area contributed by atoms with Crippen LogP contribution in [0.15, 0.2) is 18.5 Å². The molecule has 0 radical (unpaired) electrons. The number of hydrogen-bond donors (Lipinski definition) is 1. The number of ether oxygens (including phenoxy) is 1. The van der Waals surface area contributed by atoms with Crippen molar-refractivity contribution in [3.05, 3.63) is 24.0 Å². The van der Waals surface area contributed by atoms with Gasteiger partial charge in [0.15, 0.2) is 5.75 Å². The standard InChI is InChI=1S/C9H7ClN2O2/c1-14-8-5(9(10)13)2-3-6-7(8)12-4-11-6/h2-4H,1H3,(H,11,12). The minimum atomic E-state index is -0.549. The number of benzene rings is 1. The highest BCUT2D eigenvalue weighted by molar-refractivity contribution is 6.68. The van der Waals surface area contributed by atoms with Gasteiger partial charge in [-0.15, -0.1) is 0 Å². The molecule has 0 fully saturated rings. The van der Waals surface area contributed by atoms with Crippen molar-refractivity contribution in [2.45, 2.75) is 0 Å². The zero-order valence-corrected chi connectivity index (χ0v) is 8.13. The number of hydrogen-bond acceptors (Lipinski definition) is 3. The summed E-state index contributed by atoms with van der Waals surface area (Å²) in [5.74, 6) is 0.406. The molecule has 0 saturated heterocycles. The zero-order chi connectivity index (χ0) is 10.1. The number of carbonyl (C=O) groups is 1. The smallest absolute Gasteiger partial charge is 0.256 e. The van der Waals surface area contributed by atoms with Crippen LogP contribution in [-0.4, -0.2) is 22.3 Å². The molecule has 4 nitrogen and oxygen atoms in total. The number of fused-ring (bicyclic) bond motifs is 1.